The first-order chi connectivity index (χ1) is 39.5. The van der Waals surface area contributed by atoms with Crippen LogP contribution in [0.5, 0.6) is 0 Å². The number of hydrogen-bond acceptors (Lipinski definition) is 6. The van der Waals surface area contributed by atoms with Crippen molar-refractivity contribution in [3.05, 3.63) is 109 Å². The van der Waals surface area contributed by atoms with Gasteiger partial charge in [0.1, 0.15) is 13.2 Å². The maximum Gasteiger partial charge on any atom is 0.306 e. The zero-order chi connectivity index (χ0) is 57.8. The lowest BCUT2D eigenvalue weighted by molar-refractivity contribution is -0.167. The summed E-state index contributed by atoms with van der Waals surface area (Å²) in [7, 11) is 0. The van der Waals surface area contributed by atoms with Gasteiger partial charge in [-0.1, -0.05) is 291 Å². The number of allylic oxidation sites excluding steroid dienone is 18. The van der Waals surface area contributed by atoms with Crippen LogP contribution in [0, 0.1) is 0 Å². The lowest BCUT2D eigenvalue weighted by atomic mass is 10.0. The van der Waals surface area contributed by atoms with Crippen LogP contribution in [0.1, 0.15) is 323 Å². The monoisotopic (exact) mass is 1110 g/mol. The van der Waals surface area contributed by atoms with E-state index in [2.05, 4.69) is 130 Å². The van der Waals surface area contributed by atoms with Crippen LogP contribution in [0.2, 0.25) is 0 Å². The lowest BCUT2D eigenvalue weighted by Crippen LogP contribution is -2.30. The van der Waals surface area contributed by atoms with Crippen molar-refractivity contribution in [3.63, 3.8) is 0 Å². The molecule has 0 aromatic rings. The van der Waals surface area contributed by atoms with Crippen LogP contribution < -0.4 is 0 Å². The third kappa shape index (κ3) is 64.9. The molecule has 0 N–H and O–H groups in total. The van der Waals surface area contributed by atoms with Crippen LogP contribution in [0.4, 0.5) is 0 Å². The number of hydrogen-bond donors (Lipinski definition) is 0. The van der Waals surface area contributed by atoms with Crippen LogP contribution in [-0.4, -0.2) is 37.2 Å². The molecule has 0 bridgehead atoms. The number of rotatable bonds is 61. The van der Waals surface area contributed by atoms with Gasteiger partial charge in [-0.25, -0.2) is 0 Å². The Bertz CT molecular complexity index is 1610. The lowest BCUT2D eigenvalue weighted by Gasteiger charge is -2.18. The van der Waals surface area contributed by atoms with Gasteiger partial charge < -0.3 is 14.2 Å². The van der Waals surface area contributed by atoms with E-state index < -0.39 is 6.10 Å². The van der Waals surface area contributed by atoms with Gasteiger partial charge in [-0.2, -0.15) is 0 Å². The average Bonchev–Trinajstić information content (AvgIpc) is 3.46. The molecule has 6 heteroatoms. The molecule has 0 aliphatic heterocycles. The van der Waals surface area contributed by atoms with E-state index in [0.29, 0.717) is 19.3 Å². The van der Waals surface area contributed by atoms with Crippen LogP contribution >= 0.6 is 0 Å². The Morgan fingerprint density at radius 3 is 0.812 bits per heavy atom. The number of carbonyl (C=O) groups excluding carboxylic acids is 3. The van der Waals surface area contributed by atoms with Crippen molar-refractivity contribution in [2.24, 2.45) is 0 Å². The number of esters is 3. The summed E-state index contributed by atoms with van der Waals surface area (Å²) in [6.45, 7) is 6.49. The second-order valence-corrected chi connectivity index (χ2v) is 22.3. The van der Waals surface area contributed by atoms with Crippen molar-refractivity contribution >= 4 is 17.9 Å². The molecule has 1 unspecified atom stereocenters. The molecule has 0 saturated carbocycles. The largest absolute Gasteiger partial charge is 0.462 e. The van der Waals surface area contributed by atoms with Gasteiger partial charge >= 0.3 is 17.9 Å². The summed E-state index contributed by atoms with van der Waals surface area (Å²) in [6, 6.07) is 0. The fraction of sp³-hybridized carbons (Fsp3) is 0.716. The Morgan fingerprint density at radius 2 is 0.500 bits per heavy atom. The minimum Gasteiger partial charge on any atom is -0.462 e. The van der Waals surface area contributed by atoms with Gasteiger partial charge in [0, 0.05) is 19.3 Å². The summed E-state index contributed by atoms with van der Waals surface area (Å²) in [5.41, 5.74) is 0. The predicted octanol–water partition coefficient (Wildman–Crippen LogP) is 23.4. The second kappa shape index (κ2) is 67.6. The van der Waals surface area contributed by atoms with E-state index in [1.807, 2.05) is 0 Å². The first-order valence-corrected chi connectivity index (χ1v) is 33.9. The van der Waals surface area contributed by atoms with E-state index >= 15 is 0 Å². The van der Waals surface area contributed by atoms with E-state index in [1.54, 1.807) is 0 Å². The van der Waals surface area contributed by atoms with Gasteiger partial charge in [0.2, 0.25) is 0 Å². The Labute approximate surface area is 495 Å². The molecule has 0 aromatic carbocycles. The third-order valence-electron chi connectivity index (χ3n) is 14.5. The minimum absolute atomic E-state index is 0.0825. The molecule has 0 fully saturated rings. The highest BCUT2D eigenvalue weighted by atomic mass is 16.6. The van der Waals surface area contributed by atoms with E-state index in [-0.39, 0.29) is 31.1 Å². The van der Waals surface area contributed by atoms with E-state index in [9.17, 15) is 14.4 Å². The quantitative estimate of drug-likeness (QED) is 0.0261. The Morgan fingerprint density at radius 1 is 0.263 bits per heavy atom. The summed E-state index contributed by atoms with van der Waals surface area (Å²) in [6.07, 6.45) is 92.6. The number of ether oxygens (including phenoxy) is 3. The van der Waals surface area contributed by atoms with Crippen molar-refractivity contribution in [2.75, 3.05) is 13.2 Å². The maximum atomic E-state index is 12.9. The van der Waals surface area contributed by atoms with Crippen LogP contribution in [-0.2, 0) is 28.6 Å². The van der Waals surface area contributed by atoms with Crippen LogP contribution in [0.25, 0.3) is 0 Å². The minimum atomic E-state index is -0.786. The van der Waals surface area contributed by atoms with Gasteiger partial charge in [-0.05, 0) is 122 Å². The van der Waals surface area contributed by atoms with E-state index in [0.717, 1.165) is 122 Å². The summed E-state index contributed by atoms with van der Waals surface area (Å²) in [4.78, 5) is 38.2. The molecule has 0 heterocycles. The van der Waals surface area contributed by atoms with Crippen molar-refractivity contribution in [3.8, 4) is 0 Å². The van der Waals surface area contributed by atoms with Crippen molar-refractivity contribution in [2.45, 2.75) is 329 Å². The highest BCUT2D eigenvalue weighted by molar-refractivity contribution is 5.71. The van der Waals surface area contributed by atoms with Gasteiger partial charge in [0.15, 0.2) is 6.10 Å². The SMILES string of the molecule is CC/C=C\C/C=C\C/C=C\C/C=C\C/C=C\C/C=C\C/C=C\CCCCCCCCCCCCCCCC(=O)OCC(COC(=O)CCCCCCC/C=C\CCCC)OC(=O)CCCCCCC/C=C\CCCCCCCCC. The van der Waals surface area contributed by atoms with Gasteiger partial charge in [0.05, 0.1) is 0 Å². The fourth-order valence-corrected chi connectivity index (χ4v) is 9.40. The molecule has 6 nitrogen and oxygen atoms in total. The Hall–Kier alpha value is -3.93. The molecule has 0 aliphatic carbocycles. The molecular weight excluding hydrogens is 985 g/mol. The molecule has 0 spiro atoms. The molecule has 0 radical (unpaired) electrons. The Kier molecular flexibility index (Phi) is 64.3. The summed E-state index contributed by atoms with van der Waals surface area (Å²) in [5.74, 6) is -0.892. The van der Waals surface area contributed by atoms with E-state index in [4.69, 9.17) is 14.2 Å². The highest BCUT2D eigenvalue weighted by Gasteiger charge is 2.19. The second-order valence-electron chi connectivity index (χ2n) is 22.3. The molecule has 0 aliphatic rings. The zero-order valence-corrected chi connectivity index (χ0v) is 52.6. The first-order valence-electron chi connectivity index (χ1n) is 33.9. The van der Waals surface area contributed by atoms with Gasteiger partial charge in [-0.15, -0.1) is 0 Å². The normalized spacial score (nSPS) is 12.8. The topological polar surface area (TPSA) is 78.9 Å². The molecule has 80 heavy (non-hydrogen) atoms. The molecule has 0 rings (SSSR count). The predicted molar refractivity (Wildman–Crippen MR) is 348 cm³/mol. The number of unbranched alkanes of at least 4 members (excludes halogenated alkanes) is 32. The third-order valence-corrected chi connectivity index (χ3v) is 14.5. The first kappa shape index (κ1) is 76.1. The molecule has 458 valence electrons. The maximum absolute atomic E-state index is 12.9. The summed E-state index contributed by atoms with van der Waals surface area (Å²) in [5, 5.41) is 0. The molecule has 0 amide bonds. The van der Waals surface area contributed by atoms with Crippen molar-refractivity contribution in [1.29, 1.82) is 0 Å². The van der Waals surface area contributed by atoms with Crippen molar-refractivity contribution < 1.29 is 28.6 Å². The van der Waals surface area contributed by atoms with Gasteiger partial charge in [-0.3, -0.25) is 14.4 Å². The molecular formula is C74H126O6. The van der Waals surface area contributed by atoms with Crippen LogP contribution in [0.15, 0.2) is 109 Å². The highest BCUT2D eigenvalue weighted by Crippen LogP contribution is 2.16. The van der Waals surface area contributed by atoms with Crippen molar-refractivity contribution in [1.82, 2.24) is 0 Å². The molecule has 1 atom stereocenters. The Balaban J connectivity index is 4.15. The number of carbonyl (C=O) groups is 3. The fourth-order valence-electron chi connectivity index (χ4n) is 9.40. The zero-order valence-electron chi connectivity index (χ0n) is 52.6. The smallest absolute Gasteiger partial charge is 0.306 e. The summed E-state index contributed by atoms with van der Waals surface area (Å²) >= 11 is 0. The standard InChI is InChI=1S/C74H126O6/c1-4-7-10-13-16-19-22-24-26-28-29-30-31-32-33-34-35-36-37-38-39-40-41-42-43-44-45-46-48-49-52-55-58-61-64-67-73(76)79-70-71(69-78-72(75)66-63-60-57-54-51-21-18-15-12-9-6-3)80-74(77)68-65-62-59-56-53-50-47-27-25-23-20-17-14-11-8-5-2/h7,10,15-16,18-19,24,26-27,29-30,32-33,35-36,38-39,47,71H,4-6,8-9,11-14,17,20-23,25,28,31,34,37,40-46,48-70H2,1-3H3/b10-7-,18-15-,19-16-,26-24-,30-29-,33-32-,36-35-,39-38-,47-27-. The van der Waals surface area contributed by atoms with E-state index in [1.165, 1.54) is 161 Å². The summed E-state index contributed by atoms with van der Waals surface area (Å²) < 4.78 is 16.9. The van der Waals surface area contributed by atoms with Gasteiger partial charge in [0.25, 0.3) is 0 Å². The molecule has 0 aromatic heterocycles. The molecule has 0 saturated heterocycles. The van der Waals surface area contributed by atoms with Crippen LogP contribution in [0.3, 0.4) is 0 Å². The average molecular weight is 1110 g/mol.